The van der Waals surface area contributed by atoms with Gasteiger partial charge in [0.15, 0.2) is 0 Å². The van der Waals surface area contributed by atoms with Crippen LogP contribution in [-0.4, -0.2) is 29.5 Å². The van der Waals surface area contributed by atoms with Crippen LogP contribution >= 0.6 is 12.4 Å². The molecule has 0 amide bonds. The normalized spacial score (nSPS) is 12.3. The van der Waals surface area contributed by atoms with Crippen LogP contribution in [0, 0.1) is 0 Å². The molecule has 3 nitrogen and oxygen atoms in total. The molecule has 1 unspecified atom stereocenters. The van der Waals surface area contributed by atoms with Gasteiger partial charge in [-0.15, -0.1) is 12.4 Å². The highest BCUT2D eigenvalue weighted by molar-refractivity contribution is 5.85. The van der Waals surface area contributed by atoms with Crippen LogP contribution in [0.15, 0.2) is 0 Å². The molecule has 64 valence electrons. The lowest BCUT2D eigenvalue weighted by Gasteiger charge is -2.05. The lowest BCUT2D eigenvalue weighted by atomic mass is 10.1. The minimum atomic E-state index is -0.362. The maximum atomic E-state index is 8.96. The molecule has 0 aromatic rings. The Balaban J connectivity index is 0. The summed E-state index contributed by atoms with van der Waals surface area (Å²) in [4.78, 5) is 0. The number of halogens is 1. The summed E-state index contributed by atoms with van der Waals surface area (Å²) in [5.41, 5.74) is 5.20. The van der Waals surface area contributed by atoms with E-state index in [-0.39, 0.29) is 25.1 Å². The first-order valence-corrected chi connectivity index (χ1v) is 3.30. The molecule has 0 saturated carbocycles. The first kappa shape index (κ1) is 12.8. The Labute approximate surface area is 67.6 Å². The van der Waals surface area contributed by atoms with E-state index in [4.69, 9.17) is 15.9 Å². The molecule has 4 N–H and O–H groups in total. The van der Waals surface area contributed by atoms with Crippen molar-refractivity contribution in [1.29, 1.82) is 0 Å². The van der Waals surface area contributed by atoms with Gasteiger partial charge in [0.2, 0.25) is 0 Å². The molecule has 0 bridgehead atoms. The molecular formula is C6H16ClNO2. The number of aliphatic hydroxyl groups is 2. The molecule has 0 fully saturated rings. The molecule has 0 aromatic carbocycles. The maximum Gasteiger partial charge on any atom is 0.0562 e. The maximum absolute atomic E-state index is 8.96. The molecule has 0 heterocycles. The highest BCUT2D eigenvalue weighted by Crippen LogP contribution is 1.98. The first-order chi connectivity index (χ1) is 4.31. The van der Waals surface area contributed by atoms with E-state index in [9.17, 15) is 0 Å². The number of rotatable bonds is 5. The van der Waals surface area contributed by atoms with Gasteiger partial charge >= 0.3 is 0 Å². The molecule has 0 saturated heterocycles. The molecule has 0 aromatic heterocycles. The lowest BCUT2D eigenvalue weighted by molar-refractivity contribution is 0.124. The van der Waals surface area contributed by atoms with Crippen LogP contribution in [-0.2, 0) is 0 Å². The minimum absolute atomic E-state index is 0. The zero-order chi connectivity index (χ0) is 7.11. The van der Waals surface area contributed by atoms with E-state index in [1.54, 1.807) is 0 Å². The van der Waals surface area contributed by atoms with Crippen molar-refractivity contribution in [3.63, 3.8) is 0 Å². The topological polar surface area (TPSA) is 66.5 Å². The Bertz CT molecular complexity index is 63.7. The van der Waals surface area contributed by atoms with Gasteiger partial charge in [-0.25, -0.2) is 0 Å². The molecule has 0 aliphatic heterocycles. The van der Waals surface area contributed by atoms with E-state index in [0.717, 1.165) is 6.42 Å². The van der Waals surface area contributed by atoms with Crippen LogP contribution < -0.4 is 5.73 Å². The first-order valence-electron chi connectivity index (χ1n) is 3.30. The minimum Gasteiger partial charge on any atom is -0.396 e. The third-order valence-corrected chi connectivity index (χ3v) is 1.20. The Kier molecular flexibility index (Phi) is 11.7. The summed E-state index contributed by atoms with van der Waals surface area (Å²) in [6, 6.07) is 0. The molecule has 0 rings (SSSR count). The molecule has 0 spiro atoms. The number of hydrogen-bond donors (Lipinski definition) is 3. The van der Waals surface area contributed by atoms with Crippen molar-refractivity contribution in [2.75, 3.05) is 13.2 Å². The van der Waals surface area contributed by atoms with Gasteiger partial charge in [0.1, 0.15) is 0 Å². The van der Waals surface area contributed by atoms with Gasteiger partial charge in [-0.1, -0.05) is 0 Å². The Morgan fingerprint density at radius 3 is 2.30 bits per heavy atom. The van der Waals surface area contributed by atoms with Crippen LogP contribution in [0.25, 0.3) is 0 Å². The quantitative estimate of drug-likeness (QED) is 0.538. The van der Waals surface area contributed by atoms with E-state index in [0.29, 0.717) is 19.4 Å². The van der Waals surface area contributed by atoms with Gasteiger partial charge in [0, 0.05) is 6.61 Å². The van der Waals surface area contributed by atoms with Gasteiger partial charge in [0.25, 0.3) is 0 Å². The smallest absolute Gasteiger partial charge is 0.0562 e. The third kappa shape index (κ3) is 8.17. The van der Waals surface area contributed by atoms with Crippen LogP contribution in [0.3, 0.4) is 0 Å². The molecule has 1 atom stereocenters. The highest BCUT2D eigenvalue weighted by Gasteiger charge is 2.00. The summed E-state index contributed by atoms with van der Waals surface area (Å²) in [6.07, 6.45) is 1.65. The second-order valence-corrected chi connectivity index (χ2v) is 2.10. The SMILES string of the molecule is Cl.NCCCC(O)CCO. The number of aliphatic hydroxyl groups excluding tert-OH is 2. The van der Waals surface area contributed by atoms with Crippen molar-refractivity contribution in [2.24, 2.45) is 5.73 Å². The Morgan fingerprint density at radius 2 is 1.90 bits per heavy atom. The van der Waals surface area contributed by atoms with E-state index in [2.05, 4.69) is 0 Å². The second kappa shape index (κ2) is 9.17. The predicted octanol–water partition coefficient (Wildman–Crippen LogP) is -0.110. The van der Waals surface area contributed by atoms with Crippen LogP contribution in [0.1, 0.15) is 19.3 Å². The summed E-state index contributed by atoms with van der Waals surface area (Å²) in [7, 11) is 0. The van der Waals surface area contributed by atoms with Crippen molar-refractivity contribution < 1.29 is 10.2 Å². The lowest BCUT2D eigenvalue weighted by Crippen LogP contribution is -2.11. The predicted molar refractivity (Wildman–Crippen MR) is 43.2 cm³/mol. The van der Waals surface area contributed by atoms with Gasteiger partial charge in [-0.2, -0.15) is 0 Å². The van der Waals surface area contributed by atoms with Gasteiger partial charge in [0.05, 0.1) is 6.10 Å². The monoisotopic (exact) mass is 169 g/mol. The summed E-state index contributed by atoms with van der Waals surface area (Å²) in [5, 5.41) is 17.3. The molecule has 0 aliphatic rings. The zero-order valence-corrected chi connectivity index (χ0v) is 6.81. The largest absolute Gasteiger partial charge is 0.396 e. The van der Waals surface area contributed by atoms with Crippen LogP contribution in [0.2, 0.25) is 0 Å². The molecular weight excluding hydrogens is 154 g/mol. The van der Waals surface area contributed by atoms with Gasteiger partial charge < -0.3 is 15.9 Å². The van der Waals surface area contributed by atoms with Gasteiger partial charge in [-0.3, -0.25) is 0 Å². The average molecular weight is 170 g/mol. The van der Waals surface area contributed by atoms with Crippen LogP contribution in [0.5, 0.6) is 0 Å². The van der Waals surface area contributed by atoms with Crippen molar-refractivity contribution >= 4 is 12.4 Å². The summed E-state index contributed by atoms with van der Waals surface area (Å²) in [5.74, 6) is 0. The Hall–Kier alpha value is 0.170. The van der Waals surface area contributed by atoms with E-state index in [1.165, 1.54) is 0 Å². The van der Waals surface area contributed by atoms with E-state index >= 15 is 0 Å². The van der Waals surface area contributed by atoms with Crippen molar-refractivity contribution in [3.8, 4) is 0 Å². The zero-order valence-electron chi connectivity index (χ0n) is 5.99. The summed E-state index contributed by atoms with van der Waals surface area (Å²) in [6.45, 7) is 0.675. The second-order valence-electron chi connectivity index (χ2n) is 2.10. The summed E-state index contributed by atoms with van der Waals surface area (Å²) < 4.78 is 0. The fourth-order valence-corrected chi connectivity index (χ4v) is 0.647. The van der Waals surface area contributed by atoms with Crippen molar-refractivity contribution in [3.05, 3.63) is 0 Å². The van der Waals surface area contributed by atoms with Crippen LogP contribution in [0.4, 0.5) is 0 Å². The standard InChI is InChI=1S/C6H15NO2.ClH/c7-4-1-2-6(9)3-5-8;/h6,8-9H,1-5,7H2;1H. The van der Waals surface area contributed by atoms with E-state index in [1.807, 2.05) is 0 Å². The number of nitrogens with two attached hydrogens (primary N) is 1. The molecule has 0 radical (unpaired) electrons. The third-order valence-electron chi connectivity index (χ3n) is 1.20. The molecule has 4 heteroatoms. The average Bonchev–Trinajstić information content (AvgIpc) is 1.85. The Morgan fingerprint density at radius 1 is 1.30 bits per heavy atom. The fourth-order valence-electron chi connectivity index (χ4n) is 0.647. The number of hydrogen-bond acceptors (Lipinski definition) is 3. The van der Waals surface area contributed by atoms with Crippen molar-refractivity contribution in [1.82, 2.24) is 0 Å². The molecule has 0 aliphatic carbocycles. The fraction of sp³-hybridized carbons (Fsp3) is 1.00. The van der Waals surface area contributed by atoms with Crippen molar-refractivity contribution in [2.45, 2.75) is 25.4 Å². The highest BCUT2D eigenvalue weighted by atomic mass is 35.5. The summed E-state index contributed by atoms with van der Waals surface area (Å²) >= 11 is 0. The van der Waals surface area contributed by atoms with E-state index < -0.39 is 0 Å². The molecule has 10 heavy (non-hydrogen) atoms. The van der Waals surface area contributed by atoms with Gasteiger partial charge in [-0.05, 0) is 25.8 Å².